The number of carbonyl (C=O) groups is 3. The fourth-order valence-electron chi connectivity index (χ4n) is 3.73. The predicted octanol–water partition coefficient (Wildman–Crippen LogP) is 0.937. The molecule has 12 heteroatoms. The molecule has 33 heavy (non-hydrogen) atoms. The molecule has 2 fully saturated rings. The van der Waals surface area contributed by atoms with Gasteiger partial charge in [0, 0.05) is 39.3 Å². The van der Waals surface area contributed by atoms with E-state index in [-0.39, 0.29) is 22.8 Å². The van der Waals surface area contributed by atoms with Gasteiger partial charge in [0.1, 0.15) is 10.6 Å². The van der Waals surface area contributed by atoms with Crippen molar-refractivity contribution in [2.24, 2.45) is 0 Å². The summed E-state index contributed by atoms with van der Waals surface area (Å²) in [5, 5.41) is 0. The summed E-state index contributed by atoms with van der Waals surface area (Å²) in [4.78, 5) is 39.6. The Morgan fingerprint density at radius 2 is 1.58 bits per heavy atom. The Kier molecular flexibility index (Phi) is 8.14. The predicted molar refractivity (Wildman–Crippen MR) is 116 cm³/mol. The smallest absolute Gasteiger partial charge is 0.409 e. The minimum atomic E-state index is -3.82. The first-order valence-corrected chi connectivity index (χ1v) is 12.3. The van der Waals surface area contributed by atoms with E-state index in [9.17, 15) is 22.8 Å². The van der Waals surface area contributed by atoms with Crippen LogP contribution in [0.4, 0.5) is 4.79 Å². The largest absolute Gasteiger partial charge is 0.495 e. The molecular formula is C21H29N3O8S. The summed E-state index contributed by atoms with van der Waals surface area (Å²) >= 11 is 0. The number of ether oxygens (including phenoxy) is 3. The van der Waals surface area contributed by atoms with E-state index in [1.54, 1.807) is 6.92 Å². The lowest BCUT2D eigenvalue weighted by atomic mass is 10.2. The Morgan fingerprint density at radius 1 is 0.939 bits per heavy atom. The van der Waals surface area contributed by atoms with Crippen LogP contribution < -0.4 is 4.74 Å². The Hall–Kier alpha value is -2.86. The highest BCUT2D eigenvalue weighted by Crippen LogP contribution is 2.30. The van der Waals surface area contributed by atoms with Gasteiger partial charge in [-0.2, -0.15) is 4.31 Å². The van der Waals surface area contributed by atoms with Gasteiger partial charge in [-0.1, -0.05) is 0 Å². The molecule has 0 radical (unpaired) electrons. The van der Waals surface area contributed by atoms with Gasteiger partial charge in [-0.15, -0.1) is 0 Å². The Labute approximate surface area is 193 Å². The average molecular weight is 484 g/mol. The van der Waals surface area contributed by atoms with Crippen LogP contribution in [-0.4, -0.2) is 100 Å². The normalized spacial score (nSPS) is 17.0. The Balaban J connectivity index is 1.60. The molecule has 0 atom stereocenters. The molecule has 0 N–H and O–H groups in total. The van der Waals surface area contributed by atoms with Crippen molar-refractivity contribution in [2.45, 2.75) is 24.7 Å². The van der Waals surface area contributed by atoms with Crippen LogP contribution in [0.5, 0.6) is 5.75 Å². The highest BCUT2D eigenvalue weighted by molar-refractivity contribution is 7.89. The Morgan fingerprint density at radius 3 is 2.18 bits per heavy atom. The molecule has 0 saturated carbocycles. The number of nitrogens with zero attached hydrogens (tertiary/aromatic N) is 3. The maximum absolute atomic E-state index is 13.0. The minimum Gasteiger partial charge on any atom is -0.495 e. The number of sulfonamides is 1. The first-order valence-electron chi connectivity index (χ1n) is 10.8. The van der Waals surface area contributed by atoms with Crippen molar-refractivity contribution in [3.05, 3.63) is 23.8 Å². The summed E-state index contributed by atoms with van der Waals surface area (Å²) in [6.07, 6.45) is 1.13. The van der Waals surface area contributed by atoms with Crippen LogP contribution in [0.2, 0.25) is 0 Å². The summed E-state index contributed by atoms with van der Waals surface area (Å²) in [5.41, 5.74) is 0.00787. The van der Waals surface area contributed by atoms with Gasteiger partial charge in [0.15, 0.2) is 6.61 Å². The second-order valence-electron chi connectivity index (χ2n) is 7.62. The van der Waals surface area contributed by atoms with Crippen molar-refractivity contribution in [3.63, 3.8) is 0 Å². The van der Waals surface area contributed by atoms with E-state index in [1.807, 2.05) is 0 Å². The van der Waals surface area contributed by atoms with E-state index in [0.717, 1.165) is 12.8 Å². The fourth-order valence-corrected chi connectivity index (χ4v) is 5.43. The minimum absolute atomic E-state index is 0.00787. The third-order valence-electron chi connectivity index (χ3n) is 5.57. The quantitative estimate of drug-likeness (QED) is 0.525. The summed E-state index contributed by atoms with van der Waals surface area (Å²) in [5.74, 6) is -1.08. The maximum atomic E-state index is 13.0. The number of carbonyl (C=O) groups excluding carboxylic acids is 3. The molecule has 182 valence electrons. The molecular weight excluding hydrogens is 454 g/mol. The van der Waals surface area contributed by atoms with Gasteiger partial charge in [-0.25, -0.2) is 18.0 Å². The van der Waals surface area contributed by atoms with Crippen LogP contribution in [0, 0.1) is 0 Å². The van der Waals surface area contributed by atoms with Crippen molar-refractivity contribution < 1.29 is 37.0 Å². The van der Waals surface area contributed by atoms with E-state index < -0.39 is 34.6 Å². The van der Waals surface area contributed by atoms with E-state index >= 15 is 0 Å². The number of hydrogen-bond acceptors (Lipinski definition) is 8. The first-order chi connectivity index (χ1) is 15.8. The Bertz CT molecular complexity index is 983. The van der Waals surface area contributed by atoms with E-state index in [0.29, 0.717) is 39.3 Å². The molecule has 3 rings (SSSR count). The topological polar surface area (TPSA) is 123 Å². The number of rotatable bonds is 7. The highest BCUT2D eigenvalue weighted by Gasteiger charge is 2.31. The molecule has 1 aromatic carbocycles. The van der Waals surface area contributed by atoms with Crippen LogP contribution in [-0.2, 0) is 24.3 Å². The lowest BCUT2D eigenvalue weighted by Gasteiger charge is -2.33. The van der Waals surface area contributed by atoms with Gasteiger partial charge in [-0.3, -0.25) is 4.79 Å². The summed E-state index contributed by atoms with van der Waals surface area (Å²) in [6.45, 7) is 3.60. The standard InChI is InChI=1S/C21H29N3O8S/c1-3-31-21(27)23-12-10-22(11-13-23)19(25)15-32-20(26)16-6-7-17(30-2)18(14-16)33(28,29)24-8-4-5-9-24/h6-7,14H,3-5,8-13,15H2,1-2H3. The van der Waals surface area contributed by atoms with Crippen molar-refractivity contribution in [1.29, 1.82) is 0 Å². The zero-order chi connectivity index (χ0) is 24.0. The van der Waals surface area contributed by atoms with Gasteiger partial charge in [0.2, 0.25) is 10.0 Å². The highest BCUT2D eigenvalue weighted by atomic mass is 32.2. The molecule has 2 saturated heterocycles. The van der Waals surface area contributed by atoms with Crippen molar-refractivity contribution in [3.8, 4) is 5.75 Å². The van der Waals surface area contributed by atoms with E-state index in [4.69, 9.17) is 14.2 Å². The van der Waals surface area contributed by atoms with Crippen molar-refractivity contribution in [2.75, 3.05) is 59.6 Å². The fraction of sp³-hybridized carbons (Fsp3) is 0.571. The van der Waals surface area contributed by atoms with Gasteiger partial charge >= 0.3 is 12.1 Å². The maximum Gasteiger partial charge on any atom is 0.409 e. The van der Waals surface area contributed by atoms with E-state index in [2.05, 4.69) is 0 Å². The monoisotopic (exact) mass is 483 g/mol. The van der Waals surface area contributed by atoms with Crippen LogP contribution >= 0.6 is 0 Å². The third-order valence-corrected chi connectivity index (χ3v) is 7.49. The van der Waals surface area contributed by atoms with Gasteiger partial charge < -0.3 is 24.0 Å². The number of benzene rings is 1. The van der Waals surface area contributed by atoms with Gasteiger partial charge in [-0.05, 0) is 38.0 Å². The first kappa shape index (κ1) is 24.8. The molecule has 0 spiro atoms. The lowest BCUT2D eigenvalue weighted by Crippen LogP contribution is -2.51. The van der Waals surface area contributed by atoms with Gasteiger partial charge in [0.25, 0.3) is 5.91 Å². The second-order valence-corrected chi connectivity index (χ2v) is 9.53. The van der Waals surface area contributed by atoms with Crippen molar-refractivity contribution >= 4 is 28.0 Å². The molecule has 0 aromatic heterocycles. The third kappa shape index (κ3) is 5.74. The van der Waals surface area contributed by atoms with Crippen molar-refractivity contribution in [1.82, 2.24) is 14.1 Å². The van der Waals surface area contributed by atoms with E-state index in [1.165, 1.54) is 39.4 Å². The number of esters is 1. The summed E-state index contributed by atoms with van der Waals surface area (Å²) in [6, 6.07) is 4.01. The molecule has 2 aliphatic rings. The summed E-state index contributed by atoms with van der Waals surface area (Å²) < 4.78 is 42.6. The molecule has 0 bridgehead atoms. The zero-order valence-corrected chi connectivity index (χ0v) is 19.6. The van der Waals surface area contributed by atoms with Gasteiger partial charge in [0.05, 0.1) is 19.3 Å². The number of piperazine rings is 1. The molecule has 0 aliphatic carbocycles. The molecule has 0 unspecified atom stereocenters. The zero-order valence-electron chi connectivity index (χ0n) is 18.8. The number of methoxy groups -OCH3 is 1. The SMILES string of the molecule is CCOC(=O)N1CCN(C(=O)COC(=O)c2ccc(OC)c(S(=O)(=O)N3CCCC3)c2)CC1. The molecule has 2 aliphatic heterocycles. The molecule has 11 nitrogen and oxygen atoms in total. The molecule has 1 aromatic rings. The van der Waals surface area contributed by atoms with Crippen LogP contribution in [0.15, 0.2) is 23.1 Å². The number of hydrogen-bond donors (Lipinski definition) is 0. The van der Waals surface area contributed by atoms with Crippen LogP contribution in [0.3, 0.4) is 0 Å². The molecule has 2 heterocycles. The second kappa shape index (κ2) is 10.8. The number of amides is 2. The summed E-state index contributed by atoms with van der Waals surface area (Å²) in [7, 11) is -2.46. The van der Waals surface area contributed by atoms with Crippen LogP contribution in [0.1, 0.15) is 30.1 Å². The molecule has 2 amide bonds. The van der Waals surface area contributed by atoms with Crippen LogP contribution in [0.25, 0.3) is 0 Å². The lowest BCUT2D eigenvalue weighted by molar-refractivity contribution is -0.136. The average Bonchev–Trinajstić information content (AvgIpc) is 3.38.